The highest BCUT2D eigenvalue weighted by Crippen LogP contribution is 2.31. The molecule has 0 aliphatic rings. The second-order valence-electron chi connectivity index (χ2n) is 6.24. The summed E-state index contributed by atoms with van der Waals surface area (Å²) in [5, 5.41) is 0. The normalized spacial score (nSPS) is 15.8. The third kappa shape index (κ3) is 4.83. The van der Waals surface area contributed by atoms with Crippen LogP contribution >= 0.6 is 0 Å². The van der Waals surface area contributed by atoms with E-state index in [2.05, 4.69) is 53.5 Å². The molecule has 0 aromatic carbocycles. The lowest BCUT2D eigenvalue weighted by Gasteiger charge is -2.38. The van der Waals surface area contributed by atoms with Crippen LogP contribution in [0.4, 0.5) is 0 Å². The van der Waals surface area contributed by atoms with Crippen molar-refractivity contribution in [2.45, 2.75) is 77.6 Å². The van der Waals surface area contributed by atoms with Crippen molar-refractivity contribution in [1.29, 1.82) is 0 Å². The Bertz CT molecular complexity index is 181. The Balaban J connectivity index is 4.49. The molecule has 0 aromatic heterocycles. The molecule has 92 valence electrons. The van der Waals surface area contributed by atoms with Gasteiger partial charge in [0.15, 0.2) is 8.32 Å². The standard InChI is InChI=1S/C12H30OSi2/c1-9-12(10-2)15(7,8)13-11(3)14(4,5)6/h11-12H,9-10H2,1-8H3. The van der Waals surface area contributed by atoms with Gasteiger partial charge in [0, 0.05) is 5.73 Å². The first-order valence-corrected chi connectivity index (χ1v) is 12.9. The van der Waals surface area contributed by atoms with Crippen LogP contribution in [0, 0.1) is 0 Å². The van der Waals surface area contributed by atoms with E-state index in [1.807, 2.05) is 0 Å². The van der Waals surface area contributed by atoms with Crippen molar-refractivity contribution in [3.63, 3.8) is 0 Å². The van der Waals surface area contributed by atoms with Gasteiger partial charge in [-0.15, -0.1) is 0 Å². The SMILES string of the molecule is CCC(CC)[Si](C)(C)OC(C)[Si](C)(C)C. The van der Waals surface area contributed by atoms with Crippen molar-refractivity contribution >= 4 is 16.4 Å². The van der Waals surface area contributed by atoms with Crippen LogP contribution < -0.4 is 0 Å². The molecule has 0 rings (SSSR count). The van der Waals surface area contributed by atoms with E-state index in [9.17, 15) is 0 Å². The van der Waals surface area contributed by atoms with Crippen molar-refractivity contribution in [3.8, 4) is 0 Å². The van der Waals surface area contributed by atoms with Gasteiger partial charge in [-0.3, -0.25) is 0 Å². The fourth-order valence-electron chi connectivity index (χ4n) is 2.00. The Labute approximate surface area is 98.8 Å². The van der Waals surface area contributed by atoms with Gasteiger partial charge in [0.1, 0.15) is 0 Å². The number of rotatable bonds is 6. The molecule has 0 amide bonds. The average molecular weight is 247 g/mol. The minimum Gasteiger partial charge on any atom is -0.418 e. The molecule has 0 fully saturated rings. The summed E-state index contributed by atoms with van der Waals surface area (Å²) in [5.41, 5.74) is 1.32. The van der Waals surface area contributed by atoms with E-state index in [0.717, 1.165) is 5.54 Å². The highest BCUT2D eigenvalue weighted by Gasteiger charge is 2.36. The Morgan fingerprint density at radius 2 is 1.33 bits per heavy atom. The molecular weight excluding hydrogens is 216 g/mol. The maximum atomic E-state index is 6.45. The number of hydrogen-bond acceptors (Lipinski definition) is 1. The summed E-state index contributed by atoms with van der Waals surface area (Å²) in [6, 6.07) is 0. The maximum Gasteiger partial charge on any atom is 0.189 e. The minimum absolute atomic E-state index is 0.500. The van der Waals surface area contributed by atoms with Crippen LogP contribution in [-0.4, -0.2) is 22.1 Å². The molecule has 0 heterocycles. The van der Waals surface area contributed by atoms with Crippen molar-refractivity contribution in [3.05, 3.63) is 0 Å². The summed E-state index contributed by atoms with van der Waals surface area (Å²) in [7, 11) is -2.60. The van der Waals surface area contributed by atoms with E-state index in [1.54, 1.807) is 0 Å². The second-order valence-corrected chi connectivity index (χ2v) is 16.0. The molecule has 0 saturated heterocycles. The van der Waals surface area contributed by atoms with Gasteiger partial charge in [-0.2, -0.15) is 0 Å². The smallest absolute Gasteiger partial charge is 0.189 e. The molecule has 0 aliphatic carbocycles. The van der Waals surface area contributed by atoms with Crippen LogP contribution in [0.25, 0.3) is 0 Å². The van der Waals surface area contributed by atoms with Gasteiger partial charge in [-0.05, 0) is 25.6 Å². The zero-order valence-electron chi connectivity index (χ0n) is 12.0. The summed E-state index contributed by atoms with van der Waals surface area (Å²) in [5.74, 6) is 0. The van der Waals surface area contributed by atoms with Crippen LogP contribution in [0.5, 0.6) is 0 Å². The van der Waals surface area contributed by atoms with Gasteiger partial charge in [0.25, 0.3) is 0 Å². The topological polar surface area (TPSA) is 9.23 Å². The summed E-state index contributed by atoms with van der Waals surface area (Å²) >= 11 is 0. The van der Waals surface area contributed by atoms with Gasteiger partial charge in [-0.1, -0.05) is 46.3 Å². The van der Waals surface area contributed by atoms with Gasteiger partial charge in [0.05, 0.1) is 8.07 Å². The molecule has 1 unspecified atom stereocenters. The van der Waals surface area contributed by atoms with Gasteiger partial charge in [0.2, 0.25) is 0 Å². The largest absolute Gasteiger partial charge is 0.418 e. The average Bonchev–Trinajstić information content (AvgIpc) is 2.02. The molecular formula is C12H30OSi2. The molecule has 0 radical (unpaired) electrons. The quantitative estimate of drug-likeness (QED) is 0.619. The molecule has 15 heavy (non-hydrogen) atoms. The highest BCUT2D eigenvalue weighted by atomic mass is 28.4. The predicted molar refractivity (Wildman–Crippen MR) is 75.7 cm³/mol. The van der Waals surface area contributed by atoms with Gasteiger partial charge < -0.3 is 4.43 Å². The van der Waals surface area contributed by atoms with Crippen LogP contribution in [0.1, 0.15) is 33.6 Å². The van der Waals surface area contributed by atoms with Crippen molar-refractivity contribution in [2.75, 3.05) is 0 Å². The molecule has 1 atom stereocenters. The Morgan fingerprint density at radius 3 is 1.60 bits per heavy atom. The Morgan fingerprint density at radius 1 is 0.933 bits per heavy atom. The lowest BCUT2D eigenvalue weighted by Crippen LogP contribution is -2.47. The molecule has 0 bridgehead atoms. The van der Waals surface area contributed by atoms with Crippen molar-refractivity contribution < 1.29 is 4.43 Å². The summed E-state index contributed by atoms with van der Waals surface area (Å²) in [6.07, 6.45) is 2.54. The first-order valence-electron chi connectivity index (χ1n) is 6.33. The Kier molecular flexibility index (Phi) is 5.79. The summed E-state index contributed by atoms with van der Waals surface area (Å²) in [4.78, 5) is 0. The monoisotopic (exact) mass is 246 g/mol. The lowest BCUT2D eigenvalue weighted by molar-refractivity contribution is 0.268. The molecule has 3 heteroatoms. The maximum absolute atomic E-state index is 6.45. The third-order valence-corrected chi connectivity index (χ3v) is 10.2. The van der Waals surface area contributed by atoms with E-state index >= 15 is 0 Å². The highest BCUT2D eigenvalue weighted by molar-refractivity contribution is 6.79. The molecule has 0 saturated carbocycles. The summed E-state index contributed by atoms with van der Waals surface area (Å²) < 4.78 is 6.45. The van der Waals surface area contributed by atoms with Crippen molar-refractivity contribution in [1.82, 2.24) is 0 Å². The van der Waals surface area contributed by atoms with Crippen LogP contribution in [-0.2, 0) is 4.43 Å². The van der Waals surface area contributed by atoms with E-state index in [1.165, 1.54) is 12.8 Å². The molecule has 0 aromatic rings. The van der Waals surface area contributed by atoms with Gasteiger partial charge >= 0.3 is 0 Å². The zero-order valence-corrected chi connectivity index (χ0v) is 14.0. The second kappa shape index (κ2) is 5.64. The molecule has 0 aliphatic heterocycles. The first kappa shape index (κ1) is 15.4. The van der Waals surface area contributed by atoms with Gasteiger partial charge in [-0.25, -0.2) is 0 Å². The van der Waals surface area contributed by atoms with Crippen LogP contribution in [0.15, 0.2) is 0 Å². The number of hydrogen-bond donors (Lipinski definition) is 0. The van der Waals surface area contributed by atoms with E-state index in [-0.39, 0.29) is 0 Å². The van der Waals surface area contributed by atoms with E-state index in [4.69, 9.17) is 4.43 Å². The first-order chi connectivity index (χ1) is 6.65. The Hall–Kier alpha value is 0.394. The van der Waals surface area contributed by atoms with Crippen LogP contribution in [0.2, 0.25) is 38.3 Å². The molecule has 1 nitrogen and oxygen atoms in total. The zero-order chi connectivity index (χ0) is 12.3. The lowest BCUT2D eigenvalue weighted by atomic mass is 10.3. The third-order valence-electron chi connectivity index (χ3n) is 3.67. The minimum atomic E-state index is -1.47. The van der Waals surface area contributed by atoms with E-state index < -0.39 is 16.4 Å². The summed E-state index contributed by atoms with van der Waals surface area (Å²) in [6.45, 7) is 18.8. The van der Waals surface area contributed by atoms with E-state index in [0.29, 0.717) is 5.73 Å². The van der Waals surface area contributed by atoms with Crippen LogP contribution in [0.3, 0.4) is 0 Å². The fraction of sp³-hybridized carbons (Fsp3) is 1.00. The molecule has 0 N–H and O–H groups in total. The van der Waals surface area contributed by atoms with Crippen molar-refractivity contribution in [2.24, 2.45) is 0 Å². The fourth-order valence-corrected chi connectivity index (χ4v) is 7.40. The molecule has 0 spiro atoms. The predicted octanol–water partition coefficient (Wildman–Crippen LogP) is 4.66.